The summed E-state index contributed by atoms with van der Waals surface area (Å²) in [5.74, 6) is 0. The van der Waals surface area contributed by atoms with Gasteiger partial charge in [-0.3, -0.25) is 9.78 Å². The predicted octanol–water partition coefficient (Wildman–Crippen LogP) is 0.0802. The summed E-state index contributed by atoms with van der Waals surface area (Å²) in [6.45, 7) is 3.54. The van der Waals surface area contributed by atoms with Crippen LogP contribution in [-0.2, 0) is 27.5 Å². The molecule has 6 nitrogen and oxygen atoms in total. The van der Waals surface area contributed by atoms with Crippen molar-refractivity contribution in [3.8, 4) is 0 Å². The van der Waals surface area contributed by atoms with Gasteiger partial charge < -0.3 is 20.1 Å². The number of amides is 1. The van der Waals surface area contributed by atoms with Gasteiger partial charge in [0.25, 0.3) is 0 Å². The van der Waals surface area contributed by atoms with Crippen LogP contribution in [-0.4, -0.2) is 44.7 Å². The van der Waals surface area contributed by atoms with Gasteiger partial charge in [-0.15, -0.1) is 0 Å². The highest BCUT2D eigenvalue weighted by Gasteiger charge is 1.97. The Bertz CT molecular complexity index is 343. The van der Waals surface area contributed by atoms with Crippen LogP contribution in [0.1, 0.15) is 11.3 Å². The second-order valence-corrected chi connectivity index (χ2v) is 3.94. The summed E-state index contributed by atoms with van der Waals surface area (Å²) in [4.78, 5) is 14.3. The minimum atomic E-state index is 0.446. The molecule has 0 aliphatic heterocycles. The van der Waals surface area contributed by atoms with Crippen molar-refractivity contribution in [3.63, 3.8) is 0 Å². The molecule has 1 heterocycles. The lowest BCUT2D eigenvalue weighted by Gasteiger charge is -2.06. The van der Waals surface area contributed by atoms with Crippen molar-refractivity contribution >= 4 is 6.41 Å². The molecular formula is C13H21N3O3. The number of likely N-dealkylation sites (N-methyl/N-ethyl adjacent to an activating group) is 1. The van der Waals surface area contributed by atoms with Crippen LogP contribution in [0.25, 0.3) is 0 Å². The van der Waals surface area contributed by atoms with E-state index in [1.54, 1.807) is 6.20 Å². The number of nitrogens with zero attached hydrogens (tertiary/aromatic N) is 1. The maximum Gasteiger partial charge on any atom is 0.207 e. The third kappa shape index (κ3) is 7.50. The van der Waals surface area contributed by atoms with E-state index in [1.165, 1.54) is 0 Å². The zero-order chi connectivity index (χ0) is 13.8. The highest BCUT2D eigenvalue weighted by molar-refractivity contribution is 5.45. The largest absolute Gasteiger partial charge is 0.375 e. The number of nitrogens with one attached hydrogen (secondary N) is 2. The van der Waals surface area contributed by atoms with Gasteiger partial charge in [0.2, 0.25) is 6.41 Å². The van der Waals surface area contributed by atoms with Crippen molar-refractivity contribution in [1.29, 1.82) is 0 Å². The molecule has 0 radical (unpaired) electrons. The van der Waals surface area contributed by atoms with Gasteiger partial charge in [-0.25, -0.2) is 0 Å². The van der Waals surface area contributed by atoms with Crippen LogP contribution in [0.5, 0.6) is 0 Å². The van der Waals surface area contributed by atoms with Crippen LogP contribution in [0.2, 0.25) is 0 Å². The fourth-order valence-electron chi connectivity index (χ4n) is 1.36. The maximum absolute atomic E-state index is 10.0. The normalized spacial score (nSPS) is 10.4. The Morgan fingerprint density at radius 2 is 2.00 bits per heavy atom. The van der Waals surface area contributed by atoms with Gasteiger partial charge in [-0.05, 0) is 18.7 Å². The van der Waals surface area contributed by atoms with Crippen molar-refractivity contribution in [2.45, 2.75) is 13.2 Å². The SMILES string of the molecule is CNCCOCc1ccc(COCCNC=O)nc1. The Morgan fingerprint density at radius 1 is 1.21 bits per heavy atom. The zero-order valence-corrected chi connectivity index (χ0v) is 11.2. The number of ether oxygens (including phenoxy) is 2. The summed E-state index contributed by atoms with van der Waals surface area (Å²) >= 11 is 0. The Kier molecular flexibility index (Phi) is 8.54. The molecule has 1 amide bonds. The molecule has 0 aromatic carbocycles. The van der Waals surface area contributed by atoms with E-state index in [0.29, 0.717) is 39.4 Å². The molecule has 106 valence electrons. The fraction of sp³-hybridized carbons (Fsp3) is 0.538. The molecule has 0 fully saturated rings. The van der Waals surface area contributed by atoms with Crippen LogP contribution >= 0.6 is 0 Å². The second kappa shape index (κ2) is 10.4. The highest BCUT2D eigenvalue weighted by Crippen LogP contribution is 2.03. The van der Waals surface area contributed by atoms with Gasteiger partial charge in [0.05, 0.1) is 32.1 Å². The average Bonchev–Trinajstić information content (AvgIpc) is 2.45. The van der Waals surface area contributed by atoms with Crippen molar-refractivity contribution < 1.29 is 14.3 Å². The second-order valence-electron chi connectivity index (χ2n) is 3.94. The standard InChI is InChI=1S/C13H21N3O3/c1-14-4-6-18-9-12-2-3-13(16-8-12)10-19-7-5-15-11-17/h2-3,8,11,14H,4-7,9-10H2,1H3,(H,15,17). The topological polar surface area (TPSA) is 72.5 Å². The minimum Gasteiger partial charge on any atom is -0.375 e. The Balaban J connectivity index is 2.17. The van der Waals surface area contributed by atoms with Crippen molar-refractivity contribution in [1.82, 2.24) is 15.6 Å². The van der Waals surface area contributed by atoms with Crippen molar-refractivity contribution in [2.75, 3.05) is 33.4 Å². The molecule has 1 rings (SSSR count). The van der Waals surface area contributed by atoms with Gasteiger partial charge >= 0.3 is 0 Å². The van der Waals surface area contributed by atoms with E-state index < -0.39 is 0 Å². The molecule has 2 N–H and O–H groups in total. The summed E-state index contributed by atoms with van der Waals surface area (Å²) in [5, 5.41) is 5.55. The maximum atomic E-state index is 10.0. The summed E-state index contributed by atoms with van der Waals surface area (Å²) in [7, 11) is 1.89. The third-order valence-corrected chi connectivity index (χ3v) is 2.38. The number of hydrogen-bond acceptors (Lipinski definition) is 5. The molecule has 0 aliphatic rings. The van der Waals surface area contributed by atoms with E-state index in [-0.39, 0.29) is 0 Å². The molecule has 0 spiro atoms. The first kappa shape index (κ1) is 15.6. The Morgan fingerprint density at radius 3 is 2.68 bits per heavy atom. The lowest BCUT2D eigenvalue weighted by molar-refractivity contribution is -0.109. The molecule has 0 bridgehead atoms. The summed E-state index contributed by atoms with van der Waals surface area (Å²) in [6, 6.07) is 3.90. The number of carbonyl (C=O) groups excluding carboxylic acids is 1. The molecule has 0 atom stereocenters. The van der Waals surface area contributed by atoms with E-state index in [9.17, 15) is 4.79 Å². The predicted molar refractivity (Wildman–Crippen MR) is 71.5 cm³/mol. The van der Waals surface area contributed by atoms with Gasteiger partial charge in [-0.1, -0.05) is 6.07 Å². The Labute approximate surface area is 113 Å². The lowest BCUT2D eigenvalue weighted by atomic mass is 10.2. The van der Waals surface area contributed by atoms with Crippen LogP contribution in [0, 0.1) is 0 Å². The van der Waals surface area contributed by atoms with Crippen molar-refractivity contribution in [2.24, 2.45) is 0 Å². The number of hydrogen-bond donors (Lipinski definition) is 2. The lowest BCUT2D eigenvalue weighted by Crippen LogP contribution is -2.17. The quantitative estimate of drug-likeness (QED) is 0.439. The van der Waals surface area contributed by atoms with Crippen LogP contribution in [0.4, 0.5) is 0 Å². The molecular weight excluding hydrogens is 246 g/mol. The summed E-state index contributed by atoms with van der Waals surface area (Å²) in [5.41, 5.74) is 1.91. The number of rotatable bonds is 11. The molecule has 0 saturated carbocycles. The van der Waals surface area contributed by atoms with E-state index in [2.05, 4.69) is 15.6 Å². The smallest absolute Gasteiger partial charge is 0.207 e. The van der Waals surface area contributed by atoms with Gasteiger partial charge in [0, 0.05) is 19.3 Å². The van der Waals surface area contributed by atoms with E-state index >= 15 is 0 Å². The van der Waals surface area contributed by atoms with E-state index in [0.717, 1.165) is 17.8 Å². The van der Waals surface area contributed by atoms with Crippen LogP contribution < -0.4 is 10.6 Å². The Hall–Kier alpha value is -1.50. The molecule has 0 saturated heterocycles. The first-order chi connectivity index (χ1) is 9.36. The highest BCUT2D eigenvalue weighted by atomic mass is 16.5. The number of pyridine rings is 1. The fourth-order valence-corrected chi connectivity index (χ4v) is 1.36. The molecule has 0 unspecified atom stereocenters. The van der Waals surface area contributed by atoms with Gasteiger partial charge in [-0.2, -0.15) is 0 Å². The summed E-state index contributed by atoms with van der Waals surface area (Å²) in [6.07, 6.45) is 2.45. The molecule has 6 heteroatoms. The van der Waals surface area contributed by atoms with E-state index in [4.69, 9.17) is 9.47 Å². The zero-order valence-electron chi connectivity index (χ0n) is 11.2. The van der Waals surface area contributed by atoms with Crippen molar-refractivity contribution in [3.05, 3.63) is 29.6 Å². The minimum absolute atomic E-state index is 0.446. The van der Waals surface area contributed by atoms with Crippen LogP contribution in [0.15, 0.2) is 18.3 Å². The molecule has 1 aromatic rings. The van der Waals surface area contributed by atoms with Gasteiger partial charge in [0.1, 0.15) is 0 Å². The molecule has 19 heavy (non-hydrogen) atoms. The molecule has 0 aliphatic carbocycles. The first-order valence-electron chi connectivity index (χ1n) is 6.27. The third-order valence-electron chi connectivity index (χ3n) is 2.38. The first-order valence-corrected chi connectivity index (χ1v) is 6.27. The summed E-state index contributed by atoms with van der Waals surface area (Å²) < 4.78 is 10.8. The van der Waals surface area contributed by atoms with Crippen LogP contribution in [0.3, 0.4) is 0 Å². The molecule has 1 aromatic heterocycles. The number of aromatic nitrogens is 1. The monoisotopic (exact) mass is 267 g/mol. The number of carbonyl (C=O) groups is 1. The average molecular weight is 267 g/mol. The van der Waals surface area contributed by atoms with Gasteiger partial charge in [0.15, 0.2) is 0 Å². The van der Waals surface area contributed by atoms with E-state index in [1.807, 2.05) is 19.2 Å².